The van der Waals surface area contributed by atoms with Crippen LogP contribution < -0.4 is 10.1 Å². The fourth-order valence-corrected chi connectivity index (χ4v) is 1.62. The fraction of sp³-hybridized carbons (Fsp3) is 0.357. The molecule has 0 aliphatic carbocycles. The lowest BCUT2D eigenvalue weighted by Gasteiger charge is -2.17. The van der Waals surface area contributed by atoms with E-state index in [9.17, 15) is 4.79 Å². The lowest BCUT2D eigenvalue weighted by molar-refractivity contribution is -0.123. The van der Waals surface area contributed by atoms with Gasteiger partial charge in [-0.2, -0.15) is 0 Å². The number of carbonyl (C=O) groups excluding carboxylic acids is 1. The van der Waals surface area contributed by atoms with Crippen LogP contribution in [-0.4, -0.2) is 18.6 Å². The number of carbonyl (C=O) groups is 1. The Morgan fingerprint density at radius 2 is 2.06 bits per heavy atom. The lowest BCUT2D eigenvalue weighted by atomic mass is 10.1. The minimum absolute atomic E-state index is 0.00585. The second-order valence-electron chi connectivity index (χ2n) is 4.12. The van der Waals surface area contributed by atoms with Gasteiger partial charge in [0, 0.05) is 11.1 Å². The maximum atomic E-state index is 11.7. The molecule has 3 nitrogen and oxygen atoms in total. The first-order valence-corrected chi connectivity index (χ1v) is 6.24. The molecule has 1 aromatic carbocycles. The predicted octanol–water partition coefficient (Wildman–Crippen LogP) is 3.19. The summed E-state index contributed by atoms with van der Waals surface area (Å²) in [5.41, 5.74) is 0.942. The second kappa shape index (κ2) is 7.07. The van der Waals surface area contributed by atoms with E-state index >= 15 is 0 Å². The molecule has 0 heterocycles. The van der Waals surface area contributed by atoms with Gasteiger partial charge in [0.2, 0.25) is 0 Å². The summed E-state index contributed by atoms with van der Waals surface area (Å²) in [5, 5.41) is 3.50. The SMILES string of the molecule is C=C(C)C(CC)NC(=O)COc1ccc(Cl)cc1. The highest BCUT2D eigenvalue weighted by atomic mass is 35.5. The molecule has 98 valence electrons. The zero-order valence-electron chi connectivity index (χ0n) is 10.7. The van der Waals surface area contributed by atoms with Crippen LogP contribution in [0.4, 0.5) is 0 Å². The Kier molecular flexibility index (Phi) is 5.72. The molecular weight excluding hydrogens is 250 g/mol. The predicted molar refractivity (Wildman–Crippen MR) is 74.0 cm³/mol. The monoisotopic (exact) mass is 267 g/mol. The average molecular weight is 268 g/mol. The molecule has 0 saturated carbocycles. The summed E-state index contributed by atoms with van der Waals surface area (Å²) in [6.45, 7) is 7.73. The maximum absolute atomic E-state index is 11.7. The molecule has 1 amide bonds. The van der Waals surface area contributed by atoms with Crippen molar-refractivity contribution < 1.29 is 9.53 Å². The Hall–Kier alpha value is -1.48. The maximum Gasteiger partial charge on any atom is 0.258 e. The summed E-state index contributed by atoms with van der Waals surface area (Å²) in [5.74, 6) is 0.470. The van der Waals surface area contributed by atoms with Crippen molar-refractivity contribution in [2.45, 2.75) is 26.3 Å². The van der Waals surface area contributed by atoms with Crippen LogP contribution in [-0.2, 0) is 4.79 Å². The normalized spacial score (nSPS) is 11.7. The molecule has 4 heteroatoms. The van der Waals surface area contributed by atoms with Gasteiger partial charge in [-0.25, -0.2) is 0 Å². The number of amides is 1. The van der Waals surface area contributed by atoms with Gasteiger partial charge in [-0.15, -0.1) is 0 Å². The van der Waals surface area contributed by atoms with E-state index in [4.69, 9.17) is 16.3 Å². The third-order valence-corrected chi connectivity index (χ3v) is 2.77. The van der Waals surface area contributed by atoms with Gasteiger partial charge in [0.15, 0.2) is 6.61 Å². The van der Waals surface area contributed by atoms with Crippen LogP contribution in [0.25, 0.3) is 0 Å². The summed E-state index contributed by atoms with van der Waals surface area (Å²) >= 11 is 5.75. The molecule has 0 aliphatic heterocycles. The van der Waals surface area contributed by atoms with Gasteiger partial charge < -0.3 is 10.1 Å². The highest BCUT2D eigenvalue weighted by Gasteiger charge is 2.11. The van der Waals surface area contributed by atoms with Gasteiger partial charge in [0.1, 0.15) is 5.75 Å². The van der Waals surface area contributed by atoms with Crippen molar-refractivity contribution >= 4 is 17.5 Å². The van der Waals surface area contributed by atoms with Gasteiger partial charge >= 0.3 is 0 Å². The summed E-state index contributed by atoms with van der Waals surface area (Å²) in [6, 6.07) is 6.90. The summed E-state index contributed by atoms with van der Waals surface area (Å²) in [4.78, 5) is 11.7. The van der Waals surface area contributed by atoms with Crippen molar-refractivity contribution in [2.24, 2.45) is 0 Å². The minimum Gasteiger partial charge on any atom is -0.484 e. The molecule has 1 unspecified atom stereocenters. The molecule has 0 aromatic heterocycles. The highest BCUT2D eigenvalue weighted by molar-refractivity contribution is 6.30. The van der Waals surface area contributed by atoms with Crippen LogP contribution >= 0.6 is 11.6 Å². The molecule has 0 bridgehead atoms. The van der Waals surface area contributed by atoms with Crippen molar-refractivity contribution in [3.05, 3.63) is 41.4 Å². The number of nitrogens with one attached hydrogen (secondary N) is 1. The zero-order chi connectivity index (χ0) is 13.5. The second-order valence-corrected chi connectivity index (χ2v) is 4.55. The number of benzene rings is 1. The molecule has 1 rings (SSSR count). The zero-order valence-corrected chi connectivity index (χ0v) is 11.5. The first-order chi connectivity index (χ1) is 8.52. The van der Waals surface area contributed by atoms with Crippen molar-refractivity contribution in [1.82, 2.24) is 5.32 Å². The molecule has 18 heavy (non-hydrogen) atoms. The Morgan fingerprint density at radius 3 is 2.56 bits per heavy atom. The molecule has 1 aromatic rings. The molecule has 0 radical (unpaired) electrons. The summed E-state index contributed by atoms with van der Waals surface area (Å²) < 4.78 is 5.35. The first kappa shape index (κ1) is 14.6. The van der Waals surface area contributed by atoms with Crippen molar-refractivity contribution in [3.63, 3.8) is 0 Å². The highest BCUT2D eigenvalue weighted by Crippen LogP contribution is 2.15. The van der Waals surface area contributed by atoms with E-state index in [2.05, 4.69) is 11.9 Å². The Bertz CT molecular complexity index is 414. The van der Waals surface area contributed by atoms with Crippen LogP contribution in [0.15, 0.2) is 36.4 Å². The Balaban J connectivity index is 2.41. The van der Waals surface area contributed by atoms with Crippen molar-refractivity contribution in [2.75, 3.05) is 6.61 Å². The van der Waals surface area contributed by atoms with E-state index in [1.165, 1.54) is 0 Å². The summed E-state index contributed by atoms with van der Waals surface area (Å²) in [7, 11) is 0. The number of halogens is 1. The van der Waals surface area contributed by atoms with Gasteiger partial charge in [-0.1, -0.05) is 30.7 Å². The number of hydrogen-bond donors (Lipinski definition) is 1. The van der Waals surface area contributed by atoms with E-state index in [0.29, 0.717) is 10.8 Å². The van der Waals surface area contributed by atoms with Gasteiger partial charge in [0.25, 0.3) is 5.91 Å². The van der Waals surface area contributed by atoms with Crippen LogP contribution in [0.5, 0.6) is 5.75 Å². The van der Waals surface area contributed by atoms with Crippen LogP contribution in [0.1, 0.15) is 20.3 Å². The Labute approximate surface area is 113 Å². The minimum atomic E-state index is -0.153. The fourth-order valence-electron chi connectivity index (χ4n) is 1.49. The number of ether oxygens (including phenoxy) is 1. The van der Waals surface area contributed by atoms with Crippen molar-refractivity contribution in [1.29, 1.82) is 0 Å². The quantitative estimate of drug-likeness (QED) is 0.804. The number of hydrogen-bond acceptors (Lipinski definition) is 2. The van der Waals surface area contributed by atoms with E-state index in [1.807, 2.05) is 13.8 Å². The molecule has 0 saturated heterocycles. The third-order valence-electron chi connectivity index (χ3n) is 2.52. The van der Waals surface area contributed by atoms with Gasteiger partial charge in [-0.05, 0) is 37.6 Å². The lowest BCUT2D eigenvalue weighted by Crippen LogP contribution is -2.38. The van der Waals surface area contributed by atoms with Gasteiger partial charge in [0.05, 0.1) is 0 Å². The van der Waals surface area contributed by atoms with E-state index < -0.39 is 0 Å². The largest absolute Gasteiger partial charge is 0.484 e. The molecule has 1 atom stereocenters. The van der Waals surface area contributed by atoms with Crippen LogP contribution in [0.2, 0.25) is 5.02 Å². The van der Waals surface area contributed by atoms with E-state index in [-0.39, 0.29) is 18.6 Å². The number of rotatable bonds is 6. The molecule has 1 N–H and O–H groups in total. The first-order valence-electron chi connectivity index (χ1n) is 5.86. The molecule has 0 fully saturated rings. The smallest absolute Gasteiger partial charge is 0.258 e. The summed E-state index contributed by atoms with van der Waals surface area (Å²) in [6.07, 6.45) is 0.821. The molecular formula is C14H18ClNO2. The topological polar surface area (TPSA) is 38.3 Å². The van der Waals surface area contributed by atoms with Crippen molar-refractivity contribution in [3.8, 4) is 5.75 Å². The Morgan fingerprint density at radius 1 is 1.44 bits per heavy atom. The molecule has 0 aliphatic rings. The standard InChI is InChI=1S/C14H18ClNO2/c1-4-13(10(2)3)16-14(17)9-18-12-7-5-11(15)6-8-12/h5-8,13H,2,4,9H2,1,3H3,(H,16,17). The van der Waals surface area contributed by atoms with E-state index in [1.54, 1.807) is 24.3 Å². The van der Waals surface area contributed by atoms with Crippen LogP contribution in [0, 0.1) is 0 Å². The average Bonchev–Trinajstić information content (AvgIpc) is 2.35. The van der Waals surface area contributed by atoms with Gasteiger partial charge in [-0.3, -0.25) is 4.79 Å². The third kappa shape index (κ3) is 4.80. The van der Waals surface area contributed by atoms with Crippen LogP contribution in [0.3, 0.4) is 0 Å². The van der Waals surface area contributed by atoms with E-state index in [0.717, 1.165) is 12.0 Å². The molecule has 0 spiro atoms.